The maximum Gasteiger partial charge on any atom is 0.191 e. The SMILES string of the molecule is CCNC(=NCC1(CC)CCC1)NCCCOCC1CCCO1.I. The van der Waals surface area contributed by atoms with Crippen molar-refractivity contribution in [1.82, 2.24) is 10.6 Å². The number of ether oxygens (including phenoxy) is 2. The molecule has 6 heteroatoms. The molecule has 142 valence electrons. The van der Waals surface area contributed by atoms with Gasteiger partial charge >= 0.3 is 0 Å². The zero-order chi connectivity index (χ0) is 16.4. The molecule has 2 aliphatic rings. The van der Waals surface area contributed by atoms with Crippen LogP contribution >= 0.6 is 24.0 Å². The van der Waals surface area contributed by atoms with Crippen LogP contribution in [-0.4, -0.2) is 51.5 Å². The zero-order valence-electron chi connectivity index (χ0n) is 15.4. The molecule has 2 rings (SSSR count). The minimum absolute atomic E-state index is 0. The van der Waals surface area contributed by atoms with Gasteiger partial charge in [0, 0.05) is 32.8 Å². The summed E-state index contributed by atoms with van der Waals surface area (Å²) in [4.78, 5) is 4.79. The van der Waals surface area contributed by atoms with Gasteiger partial charge in [0.1, 0.15) is 0 Å². The highest BCUT2D eigenvalue weighted by atomic mass is 127. The number of hydrogen-bond donors (Lipinski definition) is 2. The highest BCUT2D eigenvalue weighted by Gasteiger charge is 2.34. The molecule has 0 amide bonds. The molecule has 2 fully saturated rings. The molecule has 0 aromatic rings. The van der Waals surface area contributed by atoms with Gasteiger partial charge in [-0.15, -0.1) is 24.0 Å². The molecule has 0 bridgehead atoms. The van der Waals surface area contributed by atoms with Gasteiger partial charge in [-0.05, 0) is 50.9 Å². The third kappa shape index (κ3) is 7.44. The van der Waals surface area contributed by atoms with E-state index in [4.69, 9.17) is 14.5 Å². The maximum absolute atomic E-state index is 5.69. The van der Waals surface area contributed by atoms with Gasteiger partial charge in [0.05, 0.1) is 12.7 Å². The molecule has 1 heterocycles. The van der Waals surface area contributed by atoms with Crippen LogP contribution in [-0.2, 0) is 9.47 Å². The first-order valence-corrected chi connectivity index (χ1v) is 9.49. The summed E-state index contributed by atoms with van der Waals surface area (Å²) in [7, 11) is 0. The van der Waals surface area contributed by atoms with Crippen molar-refractivity contribution in [3.05, 3.63) is 0 Å². The van der Waals surface area contributed by atoms with Gasteiger partial charge in [-0.1, -0.05) is 13.3 Å². The fourth-order valence-corrected chi connectivity index (χ4v) is 3.26. The Bertz CT molecular complexity index is 351. The number of nitrogens with one attached hydrogen (secondary N) is 2. The first kappa shape index (κ1) is 22.0. The first-order valence-electron chi connectivity index (χ1n) is 9.49. The van der Waals surface area contributed by atoms with Crippen molar-refractivity contribution in [2.75, 3.05) is 39.5 Å². The second-order valence-electron chi connectivity index (χ2n) is 6.89. The van der Waals surface area contributed by atoms with E-state index in [9.17, 15) is 0 Å². The second kappa shape index (κ2) is 12.3. The lowest BCUT2D eigenvalue weighted by molar-refractivity contribution is 0.0168. The van der Waals surface area contributed by atoms with Gasteiger partial charge < -0.3 is 20.1 Å². The monoisotopic (exact) mass is 453 g/mol. The van der Waals surface area contributed by atoms with Crippen LogP contribution in [0.2, 0.25) is 0 Å². The molecular formula is C18H36IN3O2. The predicted octanol–water partition coefficient (Wildman–Crippen LogP) is 3.33. The average molecular weight is 453 g/mol. The van der Waals surface area contributed by atoms with Crippen molar-refractivity contribution < 1.29 is 9.47 Å². The second-order valence-corrected chi connectivity index (χ2v) is 6.89. The molecule has 1 saturated heterocycles. The molecule has 0 spiro atoms. The molecule has 1 aliphatic carbocycles. The minimum Gasteiger partial charge on any atom is -0.379 e. The van der Waals surface area contributed by atoms with Crippen molar-refractivity contribution in [3.63, 3.8) is 0 Å². The van der Waals surface area contributed by atoms with Gasteiger partial charge in [0.25, 0.3) is 0 Å². The van der Waals surface area contributed by atoms with Gasteiger partial charge in [0.15, 0.2) is 5.96 Å². The molecule has 0 radical (unpaired) electrons. The molecule has 0 aromatic carbocycles. The Labute approximate surface area is 164 Å². The quantitative estimate of drug-likeness (QED) is 0.231. The van der Waals surface area contributed by atoms with Crippen LogP contribution in [0.15, 0.2) is 4.99 Å². The maximum atomic E-state index is 5.69. The zero-order valence-corrected chi connectivity index (χ0v) is 17.8. The van der Waals surface area contributed by atoms with Crippen LogP contribution in [0, 0.1) is 5.41 Å². The van der Waals surface area contributed by atoms with Gasteiger partial charge in [-0.25, -0.2) is 0 Å². The van der Waals surface area contributed by atoms with Crippen molar-refractivity contribution in [2.45, 2.75) is 64.9 Å². The third-order valence-corrected chi connectivity index (χ3v) is 5.17. The Kier molecular flexibility index (Phi) is 11.3. The Morgan fingerprint density at radius 1 is 1.25 bits per heavy atom. The van der Waals surface area contributed by atoms with Crippen LogP contribution in [0.1, 0.15) is 58.8 Å². The van der Waals surface area contributed by atoms with E-state index < -0.39 is 0 Å². The van der Waals surface area contributed by atoms with Crippen LogP contribution in [0.25, 0.3) is 0 Å². The average Bonchev–Trinajstić information content (AvgIpc) is 3.03. The summed E-state index contributed by atoms with van der Waals surface area (Å²) >= 11 is 0. The molecule has 5 nitrogen and oxygen atoms in total. The van der Waals surface area contributed by atoms with Crippen LogP contribution in [0.3, 0.4) is 0 Å². The van der Waals surface area contributed by atoms with E-state index in [1.54, 1.807) is 0 Å². The van der Waals surface area contributed by atoms with Gasteiger partial charge in [-0.3, -0.25) is 4.99 Å². The molecule has 1 aliphatic heterocycles. The number of nitrogens with zero attached hydrogens (tertiary/aromatic N) is 1. The Morgan fingerprint density at radius 3 is 2.67 bits per heavy atom. The van der Waals surface area contributed by atoms with Gasteiger partial charge in [-0.2, -0.15) is 0 Å². The summed E-state index contributed by atoms with van der Waals surface area (Å²) in [6, 6.07) is 0. The van der Waals surface area contributed by atoms with Crippen molar-refractivity contribution in [3.8, 4) is 0 Å². The fraction of sp³-hybridized carbons (Fsp3) is 0.944. The predicted molar refractivity (Wildman–Crippen MR) is 110 cm³/mol. The lowest BCUT2D eigenvalue weighted by Crippen LogP contribution is -2.40. The van der Waals surface area contributed by atoms with Crippen LogP contribution in [0.4, 0.5) is 0 Å². The number of aliphatic imine (C=N–C) groups is 1. The summed E-state index contributed by atoms with van der Waals surface area (Å²) in [5.41, 5.74) is 0.479. The van der Waals surface area contributed by atoms with E-state index in [0.29, 0.717) is 11.5 Å². The number of rotatable bonds is 10. The topological polar surface area (TPSA) is 54.9 Å². The molecule has 0 aromatic heterocycles. The van der Waals surface area contributed by atoms with E-state index in [1.807, 2.05) is 0 Å². The fourth-order valence-electron chi connectivity index (χ4n) is 3.26. The molecule has 1 atom stereocenters. The van der Waals surface area contributed by atoms with E-state index in [1.165, 1.54) is 32.1 Å². The third-order valence-electron chi connectivity index (χ3n) is 5.17. The smallest absolute Gasteiger partial charge is 0.191 e. The standard InChI is InChI=1S/C18H35N3O2.HI/c1-3-18(9-6-10-18)15-21-17(19-4-2)20-11-7-12-22-14-16-8-5-13-23-16;/h16H,3-15H2,1-2H3,(H2,19,20,21);1H. The summed E-state index contributed by atoms with van der Waals surface area (Å²) in [6.07, 6.45) is 8.94. The van der Waals surface area contributed by atoms with Crippen molar-refractivity contribution >= 4 is 29.9 Å². The molecule has 1 saturated carbocycles. The first-order chi connectivity index (χ1) is 11.3. The minimum atomic E-state index is 0. The molecule has 1 unspecified atom stereocenters. The number of hydrogen-bond acceptors (Lipinski definition) is 3. The largest absolute Gasteiger partial charge is 0.379 e. The Hall–Kier alpha value is -0.0800. The van der Waals surface area contributed by atoms with E-state index in [2.05, 4.69) is 24.5 Å². The lowest BCUT2D eigenvalue weighted by atomic mass is 9.67. The highest BCUT2D eigenvalue weighted by Crippen LogP contribution is 2.43. The van der Waals surface area contributed by atoms with Crippen molar-refractivity contribution in [1.29, 1.82) is 0 Å². The van der Waals surface area contributed by atoms with E-state index >= 15 is 0 Å². The molecule has 24 heavy (non-hydrogen) atoms. The Balaban J connectivity index is 0.00000288. The lowest BCUT2D eigenvalue weighted by Gasteiger charge is -2.40. The van der Waals surface area contributed by atoms with Gasteiger partial charge in [0.2, 0.25) is 0 Å². The summed E-state index contributed by atoms with van der Waals surface area (Å²) in [6.45, 7) is 9.59. The highest BCUT2D eigenvalue weighted by molar-refractivity contribution is 14.0. The summed E-state index contributed by atoms with van der Waals surface area (Å²) < 4.78 is 11.2. The molecule has 2 N–H and O–H groups in total. The summed E-state index contributed by atoms with van der Waals surface area (Å²) in [5, 5.41) is 6.76. The molecular weight excluding hydrogens is 417 g/mol. The normalized spacial score (nSPS) is 22.6. The number of halogens is 1. The Morgan fingerprint density at radius 2 is 2.08 bits per heavy atom. The summed E-state index contributed by atoms with van der Waals surface area (Å²) in [5.74, 6) is 0.950. The van der Waals surface area contributed by atoms with E-state index in [-0.39, 0.29) is 24.0 Å². The van der Waals surface area contributed by atoms with Crippen LogP contribution < -0.4 is 10.6 Å². The van der Waals surface area contributed by atoms with E-state index in [0.717, 1.165) is 58.3 Å². The number of guanidine groups is 1. The van der Waals surface area contributed by atoms with Crippen LogP contribution in [0.5, 0.6) is 0 Å². The van der Waals surface area contributed by atoms with Crippen molar-refractivity contribution in [2.24, 2.45) is 10.4 Å².